The average molecular weight is 420 g/mol. The summed E-state index contributed by atoms with van der Waals surface area (Å²) in [5.41, 5.74) is 3.52. The van der Waals surface area contributed by atoms with E-state index in [1.807, 2.05) is 24.0 Å². The van der Waals surface area contributed by atoms with E-state index in [0.717, 1.165) is 31.4 Å². The van der Waals surface area contributed by atoms with Gasteiger partial charge in [-0.3, -0.25) is 14.2 Å². The number of amides is 1. The van der Waals surface area contributed by atoms with Crippen LogP contribution < -0.4 is 15.8 Å². The molecule has 31 heavy (non-hydrogen) atoms. The first kappa shape index (κ1) is 21.0. The van der Waals surface area contributed by atoms with Gasteiger partial charge in [-0.2, -0.15) is 0 Å². The molecular formula is C24H29N5O2. The van der Waals surface area contributed by atoms with Crippen molar-refractivity contribution in [2.75, 3.05) is 18.0 Å². The summed E-state index contributed by atoms with van der Waals surface area (Å²) >= 11 is 0. The SMILES string of the molecule is CCc1ccc(CNC(=O)[C@@H]2CCCN(c3nc4cccnc4n(CC)c3=O)C2)cc1. The van der Waals surface area contributed by atoms with Gasteiger partial charge in [-0.25, -0.2) is 9.97 Å². The van der Waals surface area contributed by atoms with E-state index < -0.39 is 0 Å². The summed E-state index contributed by atoms with van der Waals surface area (Å²) in [4.78, 5) is 36.8. The molecule has 7 nitrogen and oxygen atoms in total. The van der Waals surface area contributed by atoms with Crippen LogP contribution in [-0.2, 0) is 24.3 Å². The fourth-order valence-electron chi connectivity index (χ4n) is 4.17. The molecule has 0 radical (unpaired) electrons. The molecule has 7 heteroatoms. The summed E-state index contributed by atoms with van der Waals surface area (Å²) in [5, 5.41) is 3.07. The normalized spacial score (nSPS) is 16.5. The molecule has 3 aromatic rings. The zero-order valence-corrected chi connectivity index (χ0v) is 18.2. The molecule has 1 amide bonds. The standard InChI is InChI=1S/C24H29N5O2/c1-3-17-9-11-18(12-10-17)15-26-23(30)19-7-6-14-28(16-19)22-24(31)29(4-2)21-20(27-22)8-5-13-25-21/h5,8-13,19H,3-4,6-7,14-16H2,1-2H3,(H,26,30)/t19-/m1/s1. The van der Waals surface area contributed by atoms with Crippen LogP contribution in [0.5, 0.6) is 0 Å². The van der Waals surface area contributed by atoms with Gasteiger partial charge in [-0.15, -0.1) is 0 Å². The van der Waals surface area contributed by atoms with Crippen molar-refractivity contribution in [2.24, 2.45) is 5.92 Å². The number of anilines is 1. The van der Waals surface area contributed by atoms with Crippen LogP contribution in [-0.4, -0.2) is 33.5 Å². The highest BCUT2D eigenvalue weighted by Gasteiger charge is 2.28. The highest BCUT2D eigenvalue weighted by atomic mass is 16.2. The van der Waals surface area contributed by atoms with Gasteiger partial charge in [0.2, 0.25) is 5.91 Å². The second kappa shape index (κ2) is 9.29. The molecule has 0 unspecified atom stereocenters. The Hall–Kier alpha value is -3.22. The first-order valence-electron chi connectivity index (χ1n) is 11.1. The Labute approximate surface area is 182 Å². The van der Waals surface area contributed by atoms with E-state index in [2.05, 4.69) is 46.5 Å². The Bertz CT molecular complexity index is 1120. The molecule has 1 atom stereocenters. The van der Waals surface area contributed by atoms with Crippen LogP contribution in [0.25, 0.3) is 11.2 Å². The van der Waals surface area contributed by atoms with E-state index in [1.165, 1.54) is 5.56 Å². The van der Waals surface area contributed by atoms with E-state index in [0.29, 0.717) is 36.6 Å². The summed E-state index contributed by atoms with van der Waals surface area (Å²) in [6.07, 6.45) is 4.34. The lowest BCUT2D eigenvalue weighted by Gasteiger charge is -2.32. The van der Waals surface area contributed by atoms with Crippen molar-refractivity contribution in [3.05, 3.63) is 64.1 Å². The first-order chi connectivity index (χ1) is 15.1. The Morgan fingerprint density at radius 3 is 2.68 bits per heavy atom. The maximum atomic E-state index is 13.1. The number of pyridine rings is 1. The fraction of sp³-hybridized carbons (Fsp3) is 0.417. The number of nitrogens with zero attached hydrogens (tertiary/aromatic N) is 4. The molecule has 0 bridgehead atoms. The van der Waals surface area contributed by atoms with E-state index in [1.54, 1.807) is 10.8 Å². The number of aryl methyl sites for hydroxylation is 2. The van der Waals surface area contributed by atoms with Gasteiger partial charge in [-0.05, 0) is 49.4 Å². The molecule has 2 aromatic heterocycles. The van der Waals surface area contributed by atoms with Gasteiger partial charge < -0.3 is 10.2 Å². The second-order valence-corrected chi connectivity index (χ2v) is 8.00. The molecule has 0 saturated carbocycles. The molecule has 1 aliphatic heterocycles. The van der Waals surface area contributed by atoms with Crippen LogP contribution in [0.2, 0.25) is 0 Å². The zero-order chi connectivity index (χ0) is 21.8. The number of aromatic nitrogens is 3. The van der Waals surface area contributed by atoms with Crippen molar-refractivity contribution >= 4 is 22.9 Å². The van der Waals surface area contributed by atoms with Crippen LogP contribution in [0.15, 0.2) is 47.4 Å². The number of carbonyl (C=O) groups excluding carboxylic acids is 1. The van der Waals surface area contributed by atoms with E-state index >= 15 is 0 Å². The highest BCUT2D eigenvalue weighted by molar-refractivity contribution is 5.79. The topological polar surface area (TPSA) is 80.1 Å². The molecule has 1 saturated heterocycles. The number of hydrogen-bond acceptors (Lipinski definition) is 5. The molecule has 162 valence electrons. The van der Waals surface area contributed by atoms with Gasteiger partial charge in [0.1, 0.15) is 5.52 Å². The minimum absolute atomic E-state index is 0.0301. The molecule has 0 aliphatic carbocycles. The maximum absolute atomic E-state index is 13.1. The third-order valence-electron chi connectivity index (χ3n) is 5.99. The molecule has 1 aliphatic rings. The molecule has 0 spiro atoms. The molecule has 1 fully saturated rings. The van der Waals surface area contributed by atoms with Crippen LogP contribution >= 0.6 is 0 Å². The molecule has 1 aromatic carbocycles. The number of fused-ring (bicyclic) bond motifs is 1. The lowest BCUT2D eigenvalue weighted by molar-refractivity contribution is -0.125. The maximum Gasteiger partial charge on any atom is 0.295 e. The van der Waals surface area contributed by atoms with Crippen molar-refractivity contribution in [1.82, 2.24) is 19.9 Å². The molecule has 1 N–H and O–H groups in total. The zero-order valence-electron chi connectivity index (χ0n) is 18.2. The van der Waals surface area contributed by atoms with E-state index in [9.17, 15) is 9.59 Å². The van der Waals surface area contributed by atoms with E-state index in [4.69, 9.17) is 0 Å². The minimum Gasteiger partial charge on any atom is -0.352 e. The Balaban J connectivity index is 1.48. The smallest absolute Gasteiger partial charge is 0.295 e. The number of piperidine rings is 1. The van der Waals surface area contributed by atoms with Crippen molar-refractivity contribution in [1.29, 1.82) is 0 Å². The van der Waals surface area contributed by atoms with E-state index in [-0.39, 0.29) is 17.4 Å². The lowest BCUT2D eigenvalue weighted by Crippen LogP contribution is -2.45. The van der Waals surface area contributed by atoms with Gasteiger partial charge in [0.25, 0.3) is 5.56 Å². The Morgan fingerprint density at radius 2 is 1.94 bits per heavy atom. The third-order valence-corrected chi connectivity index (χ3v) is 5.99. The summed E-state index contributed by atoms with van der Waals surface area (Å²) in [6, 6.07) is 12.0. The molecular weight excluding hydrogens is 390 g/mol. The lowest BCUT2D eigenvalue weighted by atomic mass is 9.97. The van der Waals surface area contributed by atoms with Crippen LogP contribution in [0.1, 0.15) is 37.8 Å². The van der Waals surface area contributed by atoms with Crippen LogP contribution in [0.3, 0.4) is 0 Å². The van der Waals surface area contributed by atoms with Crippen LogP contribution in [0, 0.1) is 5.92 Å². The molecule has 3 heterocycles. The number of nitrogens with one attached hydrogen (secondary N) is 1. The van der Waals surface area contributed by atoms with Gasteiger partial charge in [0, 0.05) is 32.4 Å². The average Bonchev–Trinajstić information content (AvgIpc) is 2.82. The number of carbonyl (C=O) groups is 1. The Morgan fingerprint density at radius 1 is 1.16 bits per heavy atom. The van der Waals surface area contributed by atoms with Crippen LogP contribution in [0.4, 0.5) is 5.82 Å². The minimum atomic E-state index is -0.162. The quantitative estimate of drug-likeness (QED) is 0.665. The number of hydrogen-bond donors (Lipinski definition) is 1. The van der Waals surface area contributed by atoms with Crippen molar-refractivity contribution in [2.45, 2.75) is 46.2 Å². The summed E-state index contributed by atoms with van der Waals surface area (Å²) in [6.45, 7) is 6.32. The van der Waals surface area contributed by atoms with Gasteiger partial charge in [-0.1, -0.05) is 31.2 Å². The van der Waals surface area contributed by atoms with Gasteiger partial charge in [0.15, 0.2) is 11.5 Å². The van der Waals surface area contributed by atoms with Crippen molar-refractivity contribution in [3.8, 4) is 0 Å². The summed E-state index contributed by atoms with van der Waals surface area (Å²) in [5.74, 6) is 0.280. The predicted molar refractivity (Wildman–Crippen MR) is 122 cm³/mol. The largest absolute Gasteiger partial charge is 0.352 e. The first-order valence-corrected chi connectivity index (χ1v) is 11.1. The number of rotatable bonds is 6. The summed E-state index contributed by atoms with van der Waals surface area (Å²) < 4.78 is 1.65. The Kier molecular flexibility index (Phi) is 6.30. The van der Waals surface area contributed by atoms with Gasteiger partial charge in [0.05, 0.1) is 5.92 Å². The predicted octanol–water partition coefficient (Wildman–Crippen LogP) is 2.91. The fourth-order valence-corrected chi connectivity index (χ4v) is 4.17. The summed E-state index contributed by atoms with van der Waals surface area (Å²) in [7, 11) is 0. The van der Waals surface area contributed by atoms with Crippen molar-refractivity contribution < 1.29 is 4.79 Å². The second-order valence-electron chi connectivity index (χ2n) is 8.00. The highest BCUT2D eigenvalue weighted by Crippen LogP contribution is 2.21. The molecule has 4 rings (SSSR count). The van der Waals surface area contributed by atoms with Gasteiger partial charge >= 0.3 is 0 Å². The number of benzene rings is 1. The monoisotopic (exact) mass is 419 g/mol. The third kappa shape index (κ3) is 4.45. The van der Waals surface area contributed by atoms with Crippen molar-refractivity contribution in [3.63, 3.8) is 0 Å².